The number of hydrogen-bond acceptors (Lipinski definition) is 4. The molecule has 1 N–H and O–H groups in total. The van der Waals surface area contributed by atoms with E-state index in [9.17, 15) is 9.59 Å². The summed E-state index contributed by atoms with van der Waals surface area (Å²) in [5.41, 5.74) is 2.27. The molecule has 0 atom stereocenters. The maximum Gasteiger partial charge on any atom is 0.338 e. The van der Waals surface area contributed by atoms with Crippen LogP contribution < -0.4 is 10.1 Å². The Kier molecular flexibility index (Phi) is 7.68. The minimum absolute atomic E-state index is 0.0841. The van der Waals surface area contributed by atoms with Crippen LogP contribution in [0.1, 0.15) is 42.1 Å². The minimum atomic E-state index is -0.349. The number of ether oxygens (including phenoxy) is 2. The van der Waals surface area contributed by atoms with Gasteiger partial charge in [0.15, 0.2) is 0 Å². The van der Waals surface area contributed by atoms with Gasteiger partial charge in [-0.25, -0.2) is 4.79 Å². The van der Waals surface area contributed by atoms with Gasteiger partial charge < -0.3 is 14.8 Å². The van der Waals surface area contributed by atoms with E-state index in [0.717, 1.165) is 17.7 Å². The quantitative estimate of drug-likeness (QED) is 0.536. The van der Waals surface area contributed by atoms with Gasteiger partial charge in [-0.1, -0.05) is 19.1 Å². The Balaban J connectivity index is 1.71. The van der Waals surface area contributed by atoms with E-state index in [2.05, 4.69) is 5.32 Å². The van der Waals surface area contributed by atoms with Crippen molar-refractivity contribution in [3.05, 3.63) is 59.7 Å². The predicted octanol–water partition coefficient (Wildman–Crippen LogP) is 4.36. The lowest BCUT2D eigenvalue weighted by Gasteiger charge is -2.08. The van der Waals surface area contributed by atoms with Crippen LogP contribution in [0, 0.1) is 6.92 Å². The van der Waals surface area contributed by atoms with E-state index in [1.54, 1.807) is 24.3 Å². The normalized spacial score (nSPS) is 10.2. The fourth-order valence-electron chi connectivity index (χ4n) is 2.32. The van der Waals surface area contributed by atoms with Gasteiger partial charge in [-0.3, -0.25) is 4.79 Å². The summed E-state index contributed by atoms with van der Waals surface area (Å²) < 4.78 is 10.7. The highest BCUT2D eigenvalue weighted by atomic mass is 16.5. The molecule has 2 aromatic carbocycles. The van der Waals surface area contributed by atoms with E-state index in [0.29, 0.717) is 37.3 Å². The molecule has 1 amide bonds. The largest absolute Gasteiger partial charge is 0.494 e. The molecule has 26 heavy (non-hydrogen) atoms. The van der Waals surface area contributed by atoms with Crippen molar-refractivity contribution in [2.24, 2.45) is 0 Å². The van der Waals surface area contributed by atoms with Crippen molar-refractivity contribution in [2.75, 3.05) is 18.5 Å². The van der Waals surface area contributed by atoms with Crippen molar-refractivity contribution in [1.82, 2.24) is 0 Å². The number of rotatable bonds is 9. The summed E-state index contributed by atoms with van der Waals surface area (Å²) in [6.07, 6.45) is 1.78. The second-order valence-corrected chi connectivity index (χ2v) is 6.03. The first kappa shape index (κ1) is 19.5. The zero-order valence-corrected chi connectivity index (χ0v) is 15.3. The average molecular weight is 355 g/mol. The molecule has 138 valence electrons. The highest BCUT2D eigenvalue weighted by Crippen LogP contribution is 2.14. The van der Waals surface area contributed by atoms with Gasteiger partial charge in [-0.05, 0) is 61.7 Å². The van der Waals surface area contributed by atoms with Crippen molar-refractivity contribution in [3.63, 3.8) is 0 Å². The van der Waals surface area contributed by atoms with Crippen LogP contribution in [0.2, 0.25) is 0 Å². The number of carbonyl (C=O) groups is 2. The fraction of sp³-hybridized carbons (Fsp3) is 0.333. The lowest BCUT2D eigenvalue weighted by molar-refractivity contribution is -0.116. The molecular formula is C21H25NO4. The van der Waals surface area contributed by atoms with Crippen LogP contribution in [0.25, 0.3) is 0 Å². The molecule has 0 bridgehead atoms. The second kappa shape index (κ2) is 10.2. The van der Waals surface area contributed by atoms with E-state index in [4.69, 9.17) is 9.47 Å². The Hall–Kier alpha value is -2.82. The van der Waals surface area contributed by atoms with Crippen molar-refractivity contribution >= 4 is 17.6 Å². The molecule has 0 saturated carbocycles. The number of anilines is 1. The molecule has 0 aliphatic rings. The average Bonchev–Trinajstić information content (AvgIpc) is 2.64. The van der Waals surface area contributed by atoms with Gasteiger partial charge in [-0.15, -0.1) is 0 Å². The highest BCUT2D eigenvalue weighted by molar-refractivity contribution is 5.93. The van der Waals surface area contributed by atoms with Gasteiger partial charge in [0.05, 0.1) is 18.8 Å². The minimum Gasteiger partial charge on any atom is -0.494 e. The predicted molar refractivity (Wildman–Crippen MR) is 102 cm³/mol. The summed E-state index contributed by atoms with van der Waals surface area (Å²) in [6, 6.07) is 14.5. The van der Waals surface area contributed by atoms with Gasteiger partial charge in [0.2, 0.25) is 5.91 Å². The molecule has 0 aliphatic heterocycles. The number of amides is 1. The third-order valence-electron chi connectivity index (χ3n) is 3.65. The first-order valence-electron chi connectivity index (χ1n) is 8.85. The van der Waals surface area contributed by atoms with Gasteiger partial charge in [0.25, 0.3) is 0 Å². The van der Waals surface area contributed by atoms with Crippen LogP contribution in [0.4, 0.5) is 5.69 Å². The number of nitrogens with one attached hydrogen (secondary N) is 1. The van der Waals surface area contributed by atoms with Crippen molar-refractivity contribution in [3.8, 4) is 5.75 Å². The Labute approximate surface area is 154 Å². The van der Waals surface area contributed by atoms with E-state index in [1.165, 1.54) is 0 Å². The molecule has 0 fully saturated rings. The molecule has 0 spiro atoms. The summed E-state index contributed by atoms with van der Waals surface area (Å²) in [5.74, 6) is 0.383. The summed E-state index contributed by atoms with van der Waals surface area (Å²) in [5, 5.41) is 2.81. The maximum absolute atomic E-state index is 12.0. The molecule has 0 aromatic heterocycles. The van der Waals surface area contributed by atoms with Gasteiger partial charge in [-0.2, -0.15) is 0 Å². The van der Waals surface area contributed by atoms with Crippen molar-refractivity contribution < 1.29 is 19.1 Å². The SMILES string of the molecule is CCCOC(=O)c1ccc(NC(=O)CCCOc2cccc(C)c2)cc1. The number of carbonyl (C=O) groups excluding carboxylic acids is 2. The Morgan fingerprint density at radius 1 is 1.04 bits per heavy atom. The van der Waals surface area contributed by atoms with E-state index in [1.807, 2.05) is 38.1 Å². The van der Waals surface area contributed by atoms with Crippen LogP contribution in [0.5, 0.6) is 5.75 Å². The number of hydrogen-bond donors (Lipinski definition) is 1. The smallest absolute Gasteiger partial charge is 0.338 e. The molecular weight excluding hydrogens is 330 g/mol. The van der Waals surface area contributed by atoms with E-state index < -0.39 is 0 Å². The molecule has 0 radical (unpaired) electrons. The van der Waals surface area contributed by atoms with Gasteiger partial charge in [0.1, 0.15) is 5.75 Å². The second-order valence-electron chi connectivity index (χ2n) is 6.03. The highest BCUT2D eigenvalue weighted by Gasteiger charge is 2.07. The van der Waals surface area contributed by atoms with Crippen LogP contribution in [-0.2, 0) is 9.53 Å². The zero-order valence-electron chi connectivity index (χ0n) is 15.3. The third-order valence-corrected chi connectivity index (χ3v) is 3.65. The Morgan fingerprint density at radius 2 is 1.81 bits per heavy atom. The van der Waals surface area contributed by atoms with E-state index in [-0.39, 0.29) is 11.9 Å². The molecule has 2 rings (SSSR count). The molecule has 0 saturated heterocycles. The van der Waals surface area contributed by atoms with Gasteiger partial charge >= 0.3 is 5.97 Å². The monoisotopic (exact) mass is 355 g/mol. The fourth-order valence-corrected chi connectivity index (χ4v) is 2.32. The summed E-state index contributed by atoms with van der Waals surface area (Å²) in [7, 11) is 0. The summed E-state index contributed by atoms with van der Waals surface area (Å²) in [4.78, 5) is 23.7. The van der Waals surface area contributed by atoms with Crippen LogP contribution in [-0.4, -0.2) is 25.1 Å². The third kappa shape index (κ3) is 6.59. The Bertz CT molecular complexity index is 725. The first-order valence-corrected chi connectivity index (χ1v) is 8.85. The first-order chi connectivity index (χ1) is 12.6. The van der Waals surface area contributed by atoms with Crippen LogP contribution in [0.3, 0.4) is 0 Å². The molecule has 0 unspecified atom stereocenters. The molecule has 0 heterocycles. The standard InChI is InChI=1S/C21H25NO4/c1-3-13-26-21(24)17-9-11-18(12-10-17)22-20(23)8-5-14-25-19-7-4-6-16(2)15-19/h4,6-7,9-12,15H,3,5,8,13-14H2,1-2H3,(H,22,23). The maximum atomic E-state index is 12.0. The van der Waals surface area contributed by atoms with Crippen LogP contribution in [0.15, 0.2) is 48.5 Å². The number of benzene rings is 2. The molecule has 0 aliphatic carbocycles. The van der Waals surface area contributed by atoms with Crippen LogP contribution >= 0.6 is 0 Å². The summed E-state index contributed by atoms with van der Waals surface area (Å²) in [6.45, 7) is 4.84. The topological polar surface area (TPSA) is 64.6 Å². The number of aryl methyl sites for hydroxylation is 1. The summed E-state index contributed by atoms with van der Waals surface area (Å²) >= 11 is 0. The molecule has 5 heteroatoms. The van der Waals surface area contributed by atoms with Crippen molar-refractivity contribution in [2.45, 2.75) is 33.1 Å². The lowest BCUT2D eigenvalue weighted by Crippen LogP contribution is -2.13. The van der Waals surface area contributed by atoms with E-state index >= 15 is 0 Å². The number of esters is 1. The zero-order chi connectivity index (χ0) is 18.8. The Morgan fingerprint density at radius 3 is 2.50 bits per heavy atom. The molecule has 5 nitrogen and oxygen atoms in total. The molecule has 2 aromatic rings. The van der Waals surface area contributed by atoms with Gasteiger partial charge in [0, 0.05) is 12.1 Å². The lowest BCUT2D eigenvalue weighted by atomic mass is 10.2. The van der Waals surface area contributed by atoms with Crippen molar-refractivity contribution in [1.29, 1.82) is 0 Å².